The molecule has 3 heterocycles. The maximum absolute atomic E-state index is 13.2. The van der Waals surface area contributed by atoms with Gasteiger partial charge in [-0.15, -0.1) is 0 Å². The molecule has 0 atom stereocenters. The smallest absolute Gasteiger partial charge is 0.254 e. The van der Waals surface area contributed by atoms with Crippen LogP contribution in [0.3, 0.4) is 0 Å². The van der Waals surface area contributed by atoms with E-state index in [4.69, 9.17) is 4.74 Å². The van der Waals surface area contributed by atoms with Crippen LogP contribution in [-0.4, -0.2) is 65.6 Å². The molecule has 1 aliphatic rings. The van der Waals surface area contributed by atoms with Gasteiger partial charge < -0.3 is 9.64 Å². The third kappa shape index (κ3) is 3.72. The zero-order valence-corrected chi connectivity index (χ0v) is 19.2. The summed E-state index contributed by atoms with van der Waals surface area (Å²) in [6, 6.07) is 15.9. The Morgan fingerprint density at radius 2 is 1.74 bits per heavy atom. The Hall–Kier alpha value is -4.01. The van der Waals surface area contributed by atoms with Gasteiger partial charge in [-0.05, 0) is 29.8 Å². The van der Waals surface area contributed by atoms with Crippen molar-refractivity contribution in [1.29, 1.82) is 5.26 Å². The average molecular weight is 476 g/mol. The minimum Gasteiger partial charge on any atom is -0.497 e. The van der Waals surface area contributed by atoms with Crippen LogP contribution < -0.4 is 9.64 Å². The van der Waals surface area contributed by atoms with Gasteiger partial charge in [0.1, 0.15) is 24.0 Å². The largest absolute Gasteiger partial charge is 0.497 e. The van der Waals surface area contributed by atoms with Gasteiger partial charge in [-0.2, -0.15) is 24.2 Å². The number of aromatic nitrogens is 4. The molecular weight excluding hydrogens is 454 g/mol. The number of piperazine rings is 1. The van der Waals surface area contributed by atoms with Crippen molar-refractivity contribution in [3.05, 3.63) is 66.6 Å². The maximum Gasteiger partial charge on any atom is 0.254 e. The van der Waals surface area contributed by atoms with E-state index in [2.05, 4.69) is 20.0 Å². The molecule has 2 aromatic carbocycles. The van der Waals surface area contributed by atoms with Gasteiger partial charge in [0.15, 0.2) is 0 Å². The number of nitrogens with zero attached hydrogens (tertiary/aromatic N) is 7. The van der Waals surface area contributed by atoms with Crippen molar-refractivity contribution < 1.29 is 13.2 Å². The number of benzene rings is 2. The van der Waals surface area contributed by atoms with E-state index in [1.807, 2.05) is 30.3 Å². The normalized spacial score (nSPS) is 14.8. The first-order chi connectivity index (χ1) is 16.5. The molecule has 0 unspecified atom stereocenters. The number of sulfonamides is 1. The fourth-order valence-electron chi connectivity index (χ4n) is 4.11. The molecule has 11 heteroatoms. The van der Waals surface area contributed by atoms with E-state index in [-0.39, 0.29) is 23.5 Å². The van der Waals surface area contributed by atoms with Crippen LogP contribution in [0.15, 0.2) is 66.0 Å². The summed E-state index contributed by atoms with van der Waals surface area (Å²) in [4.78, 5) is 10.8. The van der Waals surface area contributed by atoms with Crippen LogP contribution in [0.2, 0.25) is 0 Å². The number of anilines is 1. The number of hydrogen-bond donors (Lipinski definition) is 0. The van der Waals surface area contributed by atoms with E-state index < -0.39 is 10.0 Å². The molecule has 4 aromatic rings. The van der Waals surface area contributed by atoms with Gasteiger partial charge in [-0.1, -0.05) is 24.3 Å². The topological polar surface area (TPSA) is 117 Å². The minimum atomic E-state index is -3.79. The molecule has 1 aliphatic heterocycles. The Morgan fingerprint density at radius 3 is 2.44 bits per heavy atom. The molecule has 172 valence electrons. The highest BCUT2D eigenvalue weighted by atomic mass is 32.2. The second-order valence-corrected chi connectivity index (χ2v) is 9.60. The van der Waals surface area contributed by atoms with Gasteiger partial charge in [0.2, 0.25) is 10.0 Å². The van der Waals surface area contributed by atoms with Crippen molar-refractivity contribution in [2.24, 2.45) is 0 Å². The lowest BCUT2D eigenvalue weighted by molar-refractivity contribution is 0.383. The second-order valence-electron chi connectivity index (χ2n) is 7.69. The van der Waals surface area contributed by atoms with Crippen LogP contribution in [0.1, 0.15) is 5.56 Å². The van der Waals surface area contributed by atoms with Crippen molar-refractivity contribution >= 4 is 21.6 Å². The van der Waals surface area contributed by atoms with Crippen LogP contribution in [0.5, 0.6) is 5.75 Å². The number of ether oxygens (including phenoxy) is 1. The fourth-order valence-corrected chi connectivity index (χ4v) is 5.67. The van der Waals surface area contributed by atoms with Crippen LogP contribution in [-0.2, 0) is 10.0 Å². The molecule has 0 bridgehead atoms. The van der Waals surface area contributed by atoms with Crippen molar-refractivity contribution in [2.75, 3.05) is 38.2 Å². The molecule has 0 spiro atoms. The van der Waals surface area contributed by atoms with Crippen molar-refractivity contribution in [2.45, 2.75) is 4.90 Å². The van der Waals surface area contributed by atoms with E-state index >= 15 is 0 Å². The Kier molecular flexibility index (Phi) is 5.61. The SMILES string of the molecule is COc1ccc(-c2cnc3ncnn3c2N2CCN(S(=O)(=O)c3ccccc3C#N)CC2)cc1. The molecule has 1 saturated heterocycles. The number of methoxy groups -OCH3 is 1. The van der Waals surface area contributed by atoms with Gasteiger partial charge in [-0.25, -0.2) is 13.4 Å². The first-order valence-electron chi connectivity index (χ1n) is 10.6. The number of fused-ring (bicyclic) bond motifs is 1. The lowest BCUT2D eigenvalue weighted by Crippen LogP contribution is -2.49. The van der Waals surface area contributed by atoms with E-state index in [1.165, 1.54) is 22.8 Å². The van der Waals surface area contributed by atoms with Gasteiger partial charge >= 0.3 is 0 Å². The predicted molar refractivity (Wildman–Crippen MR) is 125 cm³/mol. The molecule has 1 fully saturated rings. The number of nitriles is 1. The Balaban J connectivity index is 1.47. The van der Waals surface area contributed by atoms with Crippen molar-refractivity contribution in [3.8, 4) is 22.9 Å². The van der Waals surface area contributed by atoms with Crippen LogP contribution in [0.25, 0.3) is 16.9 Å². The lowest BCUT2D eigenvalue weighted by atomic mass is 10.1. The van der Waals surface area contributed by atoms with Crippen LogP contribution in [0.4, 0.5) is 5.82 Å². The molecule has 34 heavy (non-hydrogen) atoms. The third-order valence-electron chi connectivity index (χ3n) is 5.84. The highest BCUT2D eigenvalue weighted by Crippen LogP contribution is 2.32. The standard InChI is InChI=1S/C23H21N7O3S/c1-33-19-8-6-17(7-9-19)20-15-25-23-26-16-27-30(23)22(20)28-10-12-29(13-11-28)34(31,32)21-5-3-2-4-18(21)14-24/h2-9,15-16H,10-13H2,1H3. The van der Waals surface area contributed by atoms with Gasteiger partial charge in [0.25, 0.3) is 5.78 Å². The fraction of sp³-hybridized carbons (Fsp3) is 0.217. The minimum absolute atomic E-state index is 0.0347. The van der Waals surface area contributed by atoms with Gasteiger partial charge in [0, 0.05) is 37.9 Å². The highest BCUT2D eigenvalue weighted by Gasteiger charge is 2.32. The summed E-state index contributed by atoms with van der Waals surface area (Å²) in [7, 11) is -2.17. The Labute approximate surface area is 196 Å². The third-order valence-corrected chi connectivity index (χ3v) is 7.80. The van der Waals surface area contributed by atoms with E-state index in [0.29, 0.717) is 18.9 Å². The maximum atomic E-state index is 13.2. The molecule has 10 nitrogen and oxygen atoms in total. The monoisotopic (exact) mass is 475 g/mol. The lowest BCUT2D eigenvalue weighted by Gasteiger charge is -2.36. The molecule has 0 radical (unpaired) electrons. The molecule has 0 amide bonds. The number of hydrogen-bond acceptors (Lipinski definition) is 8. The number of rotatable bonds is 5. The van der Waals surface area contributed by atoms with Gasteiger partial charge in [-0.3, -0.25) is 0 Å². The van der Waals surface area contributed by atoms with E-state index in [0.717, 1.165) is 22.7 Å². The first kappa shape index (κ1) is 21.8. The molecule has 5 rings (SSSR count). The molecular formula is C23H21N7O3S. The molecule has 0 aliphatic carbocycles. The Morgan fingerprint density at radius 1 is 1.00 bits per heavy atom. The summed E-state index contributed by atoms with van der Waals surface area (Å²) >= 11 is 0. The molecule has 0 saturated carbocycles. The summed E-state index contributed by atoms with van der Waals surface area (Å²) in [5.74, 6) is 2.00. The Bertz CT molecular complexity index is 1490. The summed E-state index contributed by atoms with van der Waals surface area (Å²) < 4.78 is 34.8. The molecule has 0 N–H and O–H groups in total. The summed E-state index contributed by atoms with van der Waals surface area (Å²) in [5.41, 5.74) is 1.93. The quantitative estimate of drug-likeness (QED) is 0.431. The van der Waals surface area contributed by atoms with Crippen LogP contribution in [0, 0.1) is 11.3 Å². The zero-order valence-electron chi connectivity index (χ0n) is 18.4. The first-order valence-corrected chi connectivity index (χ1v) is 12.0. The van der Waals surface area contributed by atoms with Crippen LogP contribution >= 0.6 is 0 Å². The average Bonchev–Trinajstić information content (AvgIpc) is 3.37. The predicted octanol–water partition coefficient (Wildman–Crippen LogP) is 2.18. The van der Waals surface area contributed by atoms with Crippen molar-refractivity contribution in [1.82, 2.24) is 23.9 Å². The van der Waals surface area contributed by atoms with Gasteiger partial charge in [0.05, 0.1) is 17.6 Å². The van der Waals surface area contributed by atoms with E-state index in [1.54, 1.807) is 30.0 Å². The summed E-state index contributed by atoms with van der Waals surface area (Å²) in [6.45, 7) is 1.41. The second kappa shape index (κ2) is 8.74. The molecule has 2 aromatic heterocycles. The highest BCUT2D eigenvalue weighted by molar-refractivity contribution is 7.89. The van der Waals surface area contributed by atoms with E-state index in [9.17, 15) is 13.7 Å². The summed E-state index contributed by atoms with van der Waals surface area (Å²) in [5, 5.41) is 13.7. The van der Waals surface area contributed by atoms with Crippen molar-refractivity contribution in [3.63, 3.8) is 0 Å². The summed E-state index contributed by atoms with van der Waals surface area (Å²) in [6.07, 6.45) is 3.20. The zero-order chi connectivity index (χ0) is 23.7.